The van der Waals surface area contributed by atoms with Crippen LogP contribution in [0.1, 0.15) is 37.8 Å². The predicted octanol–water partition coefficient (Wildman–Crippen LogP) is 1.11. The predicted molar refractivity (Wildman–Crippen MR) is 99.8 cm³/mol. The first kappa shape index (κ1) is 18.9. The zero-order valence-corrected chi connectivity index (χ0v) is 16.1. The van der Waals surface area contributed by atoms with Crippen molar-refractivity contribution in [2.45, 2.75) is 44.6 Å². The summed E-state index contributed by atoms with van der Waals surface area (Å²) in [4.78, 5) is 36.7. The van der Waals surface area contributed by atoms with Crippen molar-refractivity contribution in [2.75, 3.05) is 32.8 Å². The molecule has 3 aliphatic heterocycles. The zero-order valence-electron chi connectivity index (χ0n) is 16.1. The Kier molecular flexibility index (Phi) is 5.36. The van der Waals surface area contributed by atoms with Crippen LogP contribution in [0, 0.1) is 22.7 Å². The molecule has 0 aliphatic carbocycles. The van der Waals surface area contributed by atoms with Crippen LogP contribution in [0.5, 0.6) is 0 Å². The lowest BCUT2D eigenvalue weighted by Crippen LogP contribution is -2.59. The summed E-state index contributed by atoms with van der Waals surface area (Å²) in [5.74, 6) is 0.448. The first-order chi connectivity index (χ1) is 13.6. The van der Waals surface area contributed by atoms with Gasteiger partial charge in [-0.1, -0.05) is 0 Å². The minimum atomic E-state index is -0.935. The first-order valence-electron chi connectivity index (χ1n) is 10.2. The molecule has 1 aromatic rings. The van der Waals surface area contributed by atoms with E-state index in [4.69, 9.17) is 4.74 Å². The number of hydrogen-bond acceptors (Lipinski definition) is 5. The molecule has 4 heterocycles. The SMILES string of the molecule is N#CC1(C(=O)N2CC[C@@H]3[C@@H](CCC(=O)N3CCc3cnc[nH]3)C2)CCOCC1. The number of rotatable bonds is 4. The van der Waals surface area contributed by atoms with E-state index in [-0.39, 0.29) is 23.8 Å². The molecule has 4 rings (SSSR count). The largest absolute Gasteiger partial charge is 0.381 e. The normalized spacial score (nSPS) is 27.2. The highest BCUT2D eigenvalue weighted by atomic mass is 16.5. The van der Waals surface area contributed by atoms with Crippen LogP contribution in [0.25, 0.3) is 0 Å². The van der Waals surface area contributed by atoms with Crippen molar-refractivity contribution in [1.29, 1.82) is 5.26 Å². The van der Waals surface area contributed by atoms with Crippen molar-refractivity contribution >= 4 is 11.8 Å². The minimum Gasteiger partial charge on any atom is -0.381 e. The maximum Gasteiger partial charge on any atom is 0.243 e. The number of amides is 2. The quantitative estimate of drug-likeness (QED) is 0.836. The van der Waals surface area contributed by atoms with Gasteiger partial charge < -0.3 is 19.5 Å². The fourth-order valence-electron chi connectivity index (χ4n) is 4.88. The van der Waals surface area contributed by atoms with Gasteiger partial charge in [0.1, 0.15) is 5.41 Å². The number of piperidine rings is 2. The third kappa shape index (κ3) is 3.51. The highest BCUT2D eigenvalue weighted by Gasteiger charge is 2.46. The lowest BCUT2D eigenvalue weighted by atomic mass is 9.78. The number of aromatic amines is 1. The van der Waals surface area contributed by atoms with Gasteiger partial charge in [0, 0.05) is 63.6 Å². The van der Waals surface area contributed by atoms with Crippen molar-refractivity contribution in [3.63, 3.8) is 0 Å². The van der Waals surface area contributed by atoms with Crippen LogP contribution < -0.4 is 0 Å². The number of H-pyrrole nitrogens is 1. The summed E-state index contributed by atoms with van der Waals surface area (Å²) in [6.07, 6.45) is 7.28. The second kappa shape index (κ2) is 7.92. The average molecular weight is 385 g/mol. The van der Waals surface area contributed by atoms with Gasteiger partial charge in [0.05, 0.1) is 12.4 Å². The summed E-state index contributed by atoms with van der Waals surface area (Å²) < 4.78 is 5.36. The third-order valence-electron chi connectivity index (χ3n) is 6.58. The van der Waals surface area contributed by atoms with Gasteiger partial charge >= 0.3 is 0 Å². The molecule has 8 heteroatoms. The molecular weight excluding hydrogens is 358 g/mol. The Hall–Kier alpha value is -2.40. The molecule has 1 N–H and O–H groups in total. The molecule has 3 fully saturated rings. The summed E-state index contributed by atoms with van der Waals surface area (Å²) in [6, 6.07) is 2.47. The molecule has 3 aliphatic rings. The maximum absolute atomic E-state index is 13.2. The molecule has 0 spiro atoms. The average Bonchev–Trinajstić information content (AvgIpc) is 3.26. The number of likely N-dealkylation sites (tertiary alicyclic amines) is 2. The first-order valence-corrected chi connectivity index (χ1v) is 10.2. The van der Waals surface area contributed by atoms with Gasteiger partial charge in [-0.2, -0.15) is 5.26 Å². The summed E-state index contributed by atoms with van der Waals surface area (Å²) >= 11 is 0. The van der Waals surface area contributed by atoms with Gasteiger partial charge in [0.25, 0.3) is 0 Å². The Morgan fingerprint density at radius 3 is 2.93 bits per heavy atom. The molecule has 2 atom stereocenters. The standard InChI is InChI=1S/C20H27N5O3/c21-13-20(5-9-28-10-6-20)19(27)24-7-4-17-15(12-24)1-2-18(26)25(17)8-3-16-11-22-14-23-16/h11,14-15,17H,1-10,12H2,(H,22,23)/t15-,17+/m0/s1. The number of nitrogens with zero attached hydrogens (tertiary/aromatic N) is 4. The van der Waals surface area contributed by atoms with E-state index in [1.54, 1.807) is 12.5 Å². The van der Waals surface area contributed by atoms with E-state index in [0.717, 1.165) is 25.0 Å². The number of nitriles is 1. The van der Waals surface area contributed by atoms with Crippen molar-refractivity contribution in [2.24, 2.45) is 11.3 Å². The van der Waals surface area contributed by atoms with Crippen LogP contribution in [0.4, 0.5) is 0 Å². The van der Waals surface area contributed by atoms with Gasteiger partial charge in [-0.3, -0.25) is 9.59 Å². The second-order valence-corrected chi connectivity index (χ2v) is 8.13. The van der Waals surface area contributed by atoms with E-state index in [9.17, 15) is 14.9 Å². The Morgan fingerprint density at radius 1 is 1.39 bits per heavy atom. The van der Waals surface area contributed by atoms with E-state index >= 15 is 0 Å². The van der Waals surface area contributed by atoms with Crippen molar-refractivity contribution in [1.82, 2.24) is 19.8 Å². The van der Waals surface area contributed by atoms with E-state index in [2.05, 4.69) is 16.0 Å². The Labute approximate surface area is 164 Å². The Morgan fingerprint density at radius 2 is 2.21 bits per heavy atom. The van der Waals surface area contributed by atoms with E-state index in [1.807, 2.05) is 9.80 Å². The summed E-state index contributed by atoms with van der Waals surface area (Å²) in [7, 11) is 0. The molecular formula is C20H27N5O3. The van der Waals surface area contributed by atoms with Crippen LogP contribution in [0.15, 0.2) is 12.5 Å². The molecule has 0 aromatic carbocycles. The smallest absolute Gasteiger partial charge is 0.243 e. The summed E-state index contributed by atoms with van der Waals surface area (Å²) in [5.41, 5.74) is 0.0913. The molecule has 2 amide bonds. The van der Waals surface area contributed by atoms with Gasteiger partial charge in [-0.05, 0) is 31.6 Å². The van der Waals surface area contributed by atoms with E-state index < -0.39 is 5.41 Å². The van der Waals surface area contributed by atoms with Gasteiger partial charge in [0.2, 0.25) is 11.8 Å². The highest BCUT2D eigenvalue weighted by molar-refractivity contribution is 5.86. The molecule has 8 nitrogen and oxygen atoms in total. The molecule has 0 unspecified atom stereocenters. The maximum atomic E-state index is 13.2. The van der Waals surface area contributed by atoms with Gasteiger partial charge in [-0.25, -0.2) is 4.98 Å². The Balaban J connectivity index is 1.42. The monoisotopic (exact) mass is 385 g/mol. The molecule has 0 radical (unpaired) electrons. The van der Waals surface area contributed by atoms with Gasteiger partial charge in [0.15, 0.2) is 0 Å². The van der Waals surface area contributed by atoms with E-state index in [0.29, 0.717) is 52.1 Å². The number of fused-ring (bicyclic) bond motifs is 1. The zero-order chi connectivity index (χ0) is 19.6. The number of hydrogen-bond donors (Lipinski definition) is 1. The Bertz CT molecular complexity index is 750. The lowest BCUT2D eigenvalue weighted by Gasteiger charge is -2.48. The van der Waals surface area contributed by atoms with Crippen LogP contribution in [-0.4, -0.2) is 70.5 Å². The molecule has 0 bridgehead atoms. The van der Waals surface area contributed by atoms with Gasteiger partial charge in [-0.15, -0.1) is 0 Å². The second-order valence-electron chi connectivity index (χ2n) is 8.13. The molecule has 150 valence electrons. The fourth-order valence-corrected chi connectivity index (χ4v) is 4.88. The number of nitrogens with one attached hydrogen (secondary N) is 1. The van der Waals surface area contributed by atoms with Crippen molar-refractivity contribution in [3.05, 3.63) is 18.2 Å². The topological polar surface area (TPSA) is 102 Å². The van der Waals surface area contributed by atoms with E-state index in [1.165, 1.54) is 0 Å². The summed E-state index contributed by atoms with van der Waals surface area (Å²) in [6.45, 7) is 2.86. The minimum absolute atomic E-state index is 0.0438. The number of aromatic nitrogens is 2. The van der Waals surface area contributed by atoms with Crippen LogP contribution in [0.2, 0.25) is 0 Å². The number of imidazole rings is 1. The summed E-state index contributed by atoms with van der Waals surface area (Å²) in [5, 5.41) is 9.70. The number of carbonyl (C=O) groups is 2. The molecule has 0 saturated carbocycles. The molecule has 1 aromatic heterocycles. The third-order valence-corrected chi connectivity index (χ3v) is 6.58. The lowest BCUT2D eigenvalue weighted by molar-refractivity contribution is -0.150. The van der Waals surface area contributed by atoms with Crippen LogP contribution in [0.3, 0.4) is 0 Å². The molecule has 3 saturated heterocycles. The number of carbonyl (C=O) groups excluding carboxylic acids is 2. The fraction of sp³-hybridized carbons (Fsp3) is 0.700. The highest BCUT2D eigenvalue weighted by Crippen LogP contribution is 2.36. The van der Waals surface area contributed by atoms with Crippen LogP contribution >= 0.6 is 0 Å². The van der Waals surface area contributed by atoms with Crippen LogP contribution in [-0.2, 0) is 20.7 Å². The number of ether oxygens (including phenoxy) is 1. The molecule has 28 heavy (non-hydrogen) atoms. The van der Waals surface area contributed by atoms with Crippen molar-refractivity contribution in [3.8, 4) is 6.07 Å². The van der Waals surface area contributed by atoms with Crippen molar-refractivity contribution < 1.29 is 14.3 Å².